The third-order valence-electron chi connectivity index (χ3n) is 6.17. The van der Waals surface area contributed by atoms with E-state index < -0.39 is 11.7 Å². The van der Waals surface area contributed by atoms with Gasteiger partial charge in [-0.3, -0.25) is 4.79 Å². The van der Waals surface area contributed by atoms with Crippen LogP contribution in [0.3, 0.4) is 0 Å². The third-order valence-corrected chi connectivity index (χ3v) is 6.17. The molecule has 0 radical (unpaired) electrons. The zero-order valence-electron chi connectivity index (χ0n) is 22.7. The van der Waals surface area contributed by atoms with Gasteiger partial charge in [0, 0.05) is 24.4 Å². The lowest BCUT2D eigenvalue weighted by Gasteiger charge is -2.15. The third kappa shape index (κ3) is 10.2. The summed E-state index contributed by atoms with van der Waals surface area (Å²) in [5.74, 6) is 1.37. The van der Waals surface area contributed by atoms with Crippen molar-refractivity contribution in [3.05, 3.63) is 101 Å². The Bertz CT molecular complexity index is 1290. The first-order valence-electron chi connectivity index (χ1n) is 12.7. The minimum absolute atomic E-state index is 0.343. The van der Waals surface area contributed by atoms with Crippen LogP contribution in [-0.4, -0.2) is 39.9 Å². The predicted molar refractivity (Wildman–Crippen MR) is 150 cm³/mol. The number of hydrogen-bond acceptors (Lipinski definition) is 5. The van der Waals surface area contributed by atoms with Gasteiger partial charge in [0.05, 0.1) is 12.7 Å². The molecule has 0 unspecified atom stereocenters. The maximum Gasteiger partial charge on any atom is 0.416 e. The number of likely N-dealkylation sites (N-methyl/N-ethyl adjacent to an activating group) is 1. The molecule has 2 N–H and O–H groups in total. The number of alkyl halides is 3. The van der Waals surface area contributed by atoms with Crippen molar-refractivity contribution in [3.63, 3.8) is 0 Å². The number of benzene rings is 3. The van der Waals surface area contributed by atoms with Crippen LogP contribution in [0.4, 0.5) is 13.2 Å². The topological polar surface area (TPSA) is 80.6 Å². The van der Waals surface area contributed by atoms with Crippen molar-refractivity contribution in [1.82, 2.24) is 10.6 Å². The fraction of sp³-hybridized carbons (Fsp3) is 0.290. The minimum Gasteiger partial charge on any atom is -0.493 e. The number of furan rings is 1. The van der Waals surface area contributed by atoms with E-state index in [-0.39, 0.29) is 0 Å². The number of nitrogens with one attached hydrogen (secondary N) is 2. The molecule has 6 nitrogen and oxygen atoms in total. The summed E-state index contributed by atoms with van der Waals surface area (Å²) < 4.78 is 49.2. The van der Waals surface area contributed by atoms with Crippen molar-refractivity contribution in [3.8, 4) is 5.75 Å². The van der Waals surface area contributed by atoms with Crippen molar-refractivity contribution in [2.24, 2.45) is 0 Å². The van der Waals surface area contributed by atoms with Gasteiger partial charge in [-0.2, -0.15) is 13.2 Å². The van der Waals surface area contributed by atoms with E-state index in [1.807, 2.05) is 56.3 Å². The molecular formula is C31H35F3N2O4. The molecule has 0 saturated heterocycles. The standard InChI is InChI=1S/C18H15F3O2.C12H18N2O.CH2O/c1-22-16-7-3-5-13-11-15(23-17(13)16)9-8-12-4-2-6-14(10-12)18(19,20)21;1-13-12(9-14-10-15)8-7-11-5-3-2-4-6-11;1-2/h2-7,10-11H,8-9H2,1H3;2-6,10,12-13H,7-9H2,1H3,(H,14,15);1H2/t;12-;/m.0./s1. The number of aryl methyl sites for hydroxylation is 3. The second-order valence-electron chi connectivity index (χ2n) is 8.83. The second-order valence-corrected chi connectivity index (χ2v) is 8.83. The molecule has 3 aromatic carbocycles. The fourth-order valence-electron chi connectivity index (χ4n) is 4.07. The van der Waals surface area contributed by atoms with Crippen LogP contribution < -0.4 is 15.4 Å². The van der Waals surface area contributed by atoms with Crippen LogP contribution in [-0.2, 0) is 35.0 Å². The lowest BCUT2D eigenvalue weighted by molar-refractivity contribution is -0.137. The van der Waals surface area contributed by atoms with Gasteiger partial charge in [0.1, 0.15) is 12.5 Å². The summed E-state index contributed by atoms with van der Waals surface area (Å²) in [6, 6.07) is 23.6. The first kappa shape index (κ1) is 32.1. The second kappa shape index (κ2) is 16.8. The SMILES string of the molecule is C=O.CN[C@@H](CCc1ccccc1)CNC=O.COc1cccc2cc(CCc3cccc(C(F)(F)F)c3)oc12. The molecular weight excluding hydrogens is 521 g/mol. The number of ether oxygens (including phenoxy) is 1. The highest BCUT2D eigenvalue weighted by Crippen LogP contribution is 2.31. The van der Waals surface area contributed by atoms with Crippen LogP contribution in [0, 0.1) is 0 Å². The Morgan fingerprint density at radius 3 is 2.27 bits per heavy atom. The summed E-state index contributed by atoms with van der Waals surface area (Å²) in [6.07, 6.45) is -0.505. The molecule has 0 spiro atoms. The molecule has 0 aliphatic heterocycles. The summed E-state index contributed by atoms with van der Waals surface area (Å²) in [5.41, 5.74) is 2.01. The summed E-state index contributed by atoms with van der Waals surface area (Å²) >= 11 is 0. The van der Waals surface area contributed by atoms with E-state index in [0.29, 0.717) is 42.3 Å². The van der Waals surface area contributed by atoms with E-state index >= 15 is 0 Å². The van der Waals surface area contributed by atoms with Gasteiger partial charge >= 0.3 is 6.18 Å². The molecule has 9 heteroatoms. The quantitative estimate of drug-likeness (QED) is 0.221. The van der Waals surface area contributed by atoms with Crippen molar-refractivity contribution in [2.45, 2.75) is 37.9 Å². The Kier molecular flexibility index (Phi) is 13.5. The molecule has 0 aliphatic carbocycles. The fourth-order valence-corrected chi connectivity index (χ4v) is 4.07. The molecule has 4 aromatic rings. The Labute approximate surface area is 232 Å². The smallest absolute Gasteiger partial charge is 0.416 e. The average Bonchev–Trinajstić information content (AvgIpc) is 3.41. The Morgan fingerprint density at radius 1 is 0.925 bits per heavy atom. The Balaban J connectivity index is 0.000000287. The molecule has 0 fully saturated rings. The lowest BCUT2D eigenvalue weighted by Crippen LogP contribution is -2.36. The van der Waals surface area contributed by atoms with Crippen LogP contribution >= 0.6 is 0 Å². The van der Waals surface area contributed by atoms with Crippen LogP contribution in [0.15, 0.2) is 83.3 Å². The van der Waals surface area contributed by atoms with Gasteiger partial charge in [0.25, 0.3) is 0 Å². The van der Waals surface area contributed by atoms with Gasteiger partial charge in [-0.1, -0.05) is 60.7 Å². The van der Waals surface area contributed by atoms with Crippen molar-refractivity contribution in [2.75, 3.05) is 20.7 Å². The van der Waals surface area contributed by atoms with Crippen molar-refractivity contribution < 1.29 is 31.9 Å². The Hall–Kier alpha value is -4.11. The van der Waals surface area contributed by atoms with E-state index in [2.05, 4.69) is 22.8 Å². The van der Waals surface area contributed by atoms with E-state index in [1.54, 1.807) is 13.2 Å². The number of methoxy groups -OCH3 is 1. The minimum atomic E-state index is -4.32. The molecule has 0 saturated carbocycles. The van der Waals surface area contributed by atoms with Gasteiger partial charge < -0.3 is 24.6 Å². The average molecular weight is 557 g/mol. The number of fused-ring (bicyclic) bond motifs is 1. The normalized spacial score (nSPS) is 11.4. The monoisotopic (exact) mass is 556 g/mol. The molecule has 1 heterocycles. The van der Waals surface area contributed by atoms with Crippen molar-refractivity contribution >= 4 is 24.2 Å². The maximum atomic E-state index is 12.7. The number of halogens is 3. The molecule has 40 heavy (non-hydrogen) atoms. The summed E-state index contributed by atoms with van der Waals surface area (Å²) in [6.45, 7) is 2.69. The van der Waals surface area contributed by atoms with E-state index in [1.165, 1.54) is 17.7 Å². The number of rotatable bonds is 11. The van der Waals surface area contributed by atoms with Gasteiger partial charge in [-0.15, -0.1) is 0 Å². The Morgan fingerprint density at radius 2 is 1.62 bits per heavy atom. The summed E-state index contributed by atoms with van der Waals surface area (Å²) in [7, 11) is 3.49. The molecule has 1 amide bonds. The van der Waals surface area contributed by atoms with E-state index in [4.69, 9.17) is 13.9 Å². The largest absolute Gasteiger partial charge is 0.493 e. The number of hydrogen-bond donors (Lipinski definition) is 2. The predicted octanol–water partition coefficient (Wildman–Crippen LogP) is 6.01. The summed E-state index contributed by atoms with van der Waals surface area (Å²) in [4.78, 5) is 18.2. The highest BCUT2D eigenvalue weighted by atomic mass is 19.4. The highest BCUT2D eigenvalue weighted by Gasteiger charge is 2.30. The lowest BCUT2D eigenvalue weighted by atomic mass is 10.1. The number of para-hydroxylation sites is 1. The zero-order valence-corrected chi connectivity index (χ0v) is 22.7. The number of carbonyl (C=O) groups is 2. The summed E-state index contributed by atoms with van der Waals surface area (Å²) in [5, 5.41) is 6.80. The molecule has 214 valence electrons. The van der Waals surface area contributed by atoms with Gasteiger partial charge in [0.2, 0.25) is 6.41 Å². The van der Waals surface area contributed by atoms with Crippen molar-refractivity contribution in [1.29, 1.82) is 0 Å². The van der Waals surface area contributed by atoms with E-state index in [9.17, 15) is 18.0 Å². The van der Waals surface area contributed by atoms with Gasteiger partial charge in [-0.25, -0.2) is 0 Å². The number of carbonyl (C=O) groups excluding carboxylic acids is 2. The first-order valence-corrected chi connectivity index (χ1v) is 12.7. The molecule has 1 atom stereocenters. The molecule has 0 bridgehead atoms. The van der Waals surface area contributed by atoms with Crippen LogP contribution in [0.5, 0.6) is 5.75 Å². The van der Waals surface area contributed by atoms with Crippen LogP contribution in [0.25, 0.3) is 11.0 Å². The van der Waals surface area contributed by atoms with E-state index in [0.717, 1.165) is 36.5 Å². The molecule has 1 aromatic heterocycles. The van der Waals surface area contributed by atoms with Crippen LogP contribution in [0.2, 0.25) is 0 Å². The maximum absolute atomic E-state index is 12.7. The van der Waals surface area contributed by atoms with Gasteiger partial charge in [-0.05, 0) is 55.6 Å². The first-order chi connectivity index (χ1) is 19.3. The number of amides is 1. The van der Waals surface area contributed by atoms with Gasteiger partial charge in [0.15, 0.2) is 11.3 Å². The zero-order chi connectivity index (χ0) is 29.4. The molecule has 4 rings (SSSR count). The highest BCUT2D eigenvalue weighted by molar-refractivity contribution is 5.83. The van der Waals surface area contributed by atoms with Crippen LogP contribution in [0.1, 0.15) is 28.9 Å². The molecule has 0 aliphatic rings.